The molecule has 10 heteroatoms. The molecule has 0 saturated heterocycles. The van der Waals surface area contributed by atoms with Gasteiger partial charge >= 0.3 is 5.97 Å². The van der Waals surface area contributed by atoms with Gasteiger partial charge in [0.05, 0.1) is 41.3 Å². The molecule has 0 amide bonds. The Morgan fingerprint density at radius 1 is 1.21 bits per heavy atom. The predicted molar refractivity (Wildman–Crippen MR) is 132 cm³/mol. The highest BCUT2D eigenvalue weighted by Gasteiger charge is 2.28. The van der Waals surface area contributed by atoms with Gasteiger partial charge in [0.2, 0.25) is 0 Å². The molecule has 0 bridgehead atoms. The number of ether oxygens (including phenoxy) is 1. The summed E-state index contributed by atoms with van der Waals surface area (Å²) in [5, 5.41) is 13.6. The van der Waals surface area contributed by atoms with Crippen LogP contribution in [-0.4, -0.2) is 44.1 Å². The van der Waals surface area contributed by atoms with E-state index >= 15 is 0 Å². The van der Waals surface area contributed by atoms with Gasteiger partial charge in [0.25, 0.3) is 0 Å². The third-order valence-corrected chi connectivity index (χ3v) is 8.07. The summed E-state index contributed by atoms with van der Waals surface area (Å²) in [6, 6.07) is 2.68. The quantitative estimate of drug-likeness (QED) is 0.368. The summed E-state index contributed by atoms with van der Waals surface area (Å²) in [5.74, 6) is -0.112. The topological polar surface area (TPSA) is 94.8 Å². The van der Waals surface area contributed by atoms with Crippen LogP contribution in [0.3, 0.4) is 0 Å². The number of hydrogen-bond acceptors (Lipinski definition) is 9. The second-order valence-electron chi connectivity index (χ2n) is 8.65. The van der Waals surface area contributed by atoms with E-state index in [1.807, 2.05) is 28.8 Å². The maximum absolute atomic E-state index is 11.8. The average Bonchev–Trinajstić information content (AvgIpc) is 3.59. The largest absolute Gasteiger partial charge is 0.469 e. The third-order valence-electron chi connectivity index (χ3n) is 6.06. The molecule has 0 radical (unpaired) electrons. The number of nitrogens with zero attached hydrogens (tertiary/aromatic N) is 5. The minimum absolute atomic E-state index is 0.00553. The van der Waals surface area contributed by atoms with Gasteiger partial charge in [0.15, 0.2) is 0 Å². The Morgan fingerprint density at radius 2 is 2.03 bits per heavy atom. The number of thiazole rings is 1. The van der Waals surface area contributed by atoms with E-state index in [0.29, 0.717) is 0 Å². The Morgan fingerprint density at radius 3 is 2.73 bits per heavy atom. The maximum atomic E-state index is 11.8. The summed E-state index contributed by atoms with van der Waals surface area (Å²) in [5.41, 5.74) is 4.62. The van der Waals surface area contributed by atoms with Gasteiger partial charge in [-0.05, 0) is 45.6 Å². The molecule has 0 unspecified atom stereocenters. The first-order valence-corrected chi connectivity index (χ1v) is 12.8. The Bertz CT molecular complexity index is 1260. The molecule has 1 fully saturated rings. The van der Waals surface area contributed by atoms with Crippen molar-refractivity contribution < 1.29 is 9.53 Å². The van der Waals surface area contributed by atoms with Crippen LogP contribution >= 0.6 is 22.7 Å². The van der Waals surface area contributed by atoms with E-state index in [9.17, 15) is 4.79 Å². The first-order chi connectivity index (χ1) is 16.0. The fourth-order valence-corrected chi connectivity index (χ4v) is 6.12. The van der Waals surface area contributed by atoms with Gasteiger partial charge in [0.1, 0.15) is 10.5 Å². The van der Waals surface area contributed by atoms with E-state index in [2.05, 4.69) is 40.5 Å². The number of pyridine rings is 1. The lowest BCUT2D eigenvalue weighted by Gasteiger charge is -2.26. The van der Waals surface area contributed by atoms with Crippen molar-refractivity contribution in [3.05, 3.63) is 30.2 Å². The molecule has 8 nitrogen and oxygen atoms in total. The van der Waals surface area contributed by atoms with E-state index in [4.69, 9.17) is 9.72 Å². The molecule has 1 aliphatic rings. The number of rotatable bonds is 6. The zero-order chi connectivity index (χ0) is 22.9. The lowest BCUT2D eigenvalue weighted by molar-refractivity contribution is -0.146. The van der Waals surface area contributed by atoms with Crippen LogP contribution in [0.4, 0.5) is 5.69 Å². The Labute approximate surface area is 200 Å². The third kappa shape index (κ3) is 4.37. The van der Waals surface area contributed by atoms with E-state index in [1.54, 1.807) is 22.7 Å². The highest BCUT2D eigenvalue weighted by molar-refractivity contribution is 7.25. The monoisotopic (exact) mass is 482 g/mol. The van der Waals surface area contributed by atoms with Gasteiger partial charge in [-0.1, -0.05) is 5.21 Å². The maximum Gasteiger partial charge on any atom is 0.308 e. The van der Waals surface area contributed by atoms with Gasteiger partial charge in [0, 0.05) is 34.3 Å². The van der Waals surface area contributed by atoms with E-state index < -0.39 is 0 Å². The van der Waals surface area contributed by atoms with Crippen LogP contribution in [0.5, 0.6) is 0 Å². The number of aromatic nitrogens is 5. The fourth-order valence-electron chi connectivity index (χ4n) is 4.41. The van der Waals surface area contributed by atoms with E-state index in [-0.39, 0.29) is 24.0 Å². The molecular weight excluding hydrogens is 456 g/mol. The lowest BCUT2D eigenvalue weighted by Crippen LogP contribution is -2.24. The van der Waals surface area contributed by atoms with Crippen LogP contribution in [0.1, 0.15) is 45.6 Å². The average molecular weight is 483 g/mol. The van der Waals surface area contributed by atoms with Crippen LogP contribution in [0, 0.1) is 5.92 Å². The van der Waals surface area contributed by atoms with Gasteiger partial charge in [-0.3, -0.25) is 9.78 Å². The lowest BCUT2D eigenvalue weighted by atomic mass is 9.86. The molecular formula is C23H26N6O2S2. The van der Waals surface area contributed by atoms with Crippen molar-refractivity contribution in [1.82, 2.24) is 25.0 Å². The second-order valence-corrected chi connectivity index (χ2v) is 10.6. The zero-order valence-electron chi connectivity index (χ0n) is 18.8. The fraction of sp³-hybridized carbons (Fsp3) is 0.435. The molecule has 4 heterocycles. The number of hydrogen-bond donors (Lipinski definition) is 1. The number of carbonyl (C=O) groups excluding carboxylic acids is 1. The number of nitrogens with one attached hydrogen (secondary N) is 1. The molecule has 4 aromatic rings. The Hall–Kier alpha value is -2.85. The number of esters is 1. The minimum Gasteiger partial charge on any atom is -0.469 e. The Balaban J connectivity index is 1.46. The van der Waals surface area contributed by atoms with E-state index in [0.717, 1.165) is 62.6 Å². The van der Waals surface area contributed by atoms with Crippen LogP contribution in [0.25, 0.3) is 31.2 Å². The van der Waals surface area contributed by atoms with Crippen molar-refractivity contribution >= 4 is 44.5 Å². The van der Waals surface area contributed by atoms with Crippen LogP contribution in [0.2, 0.25) is 0 Å². The second kappa shape index (κ2) is 9.18. The zero-order valence-corrected chi connectivity index (χ0v) is 20.4. The molecule has 1 N–H and O–H groups in total. The van der Waals surface area contributed by atoms with Crippen LogP contribution in [0.15, 0.2) is 30.2 Å². The van der Waals surface area contributed by atoms with Crippen molar-refractivity contribution in [2.75, 3.05) is 12.4 Å². The van der Waals surface area contributed by atoms with Crippen LogP contribution in [-0.2, 0) is 9.53 Å². The summed E-state index contributed by atoms with van der Waals surface area (Å²) in [4.78, 5) is 24.1. The molecule has 4 aromatic heterocycles. The van der Waals surface area contributed by atoms with Gasteiger partial charge < -0.3 is 10.1 Å². The highest BCUT2D eigenvalue weighted by atomic mass is 32.1. The molecule has 0 atom stereocenters. The van der Waals surface area contributed by atoms with Crippen molar-refractivity contribution in [2.24, 2.45) is 5.92 Å². The summed E-state index contributed by atoms with van der Waals surface area (Å²) < 4.78 is 6.86. The number of carbonyl (C=O) groups is 1. The summed E-state index contributed by atoms with van der Waals surface area (Å²) in [7, 11) is 1.46. The molecule has 0 aliphatic heterocycles. The van der Waals surface area contributed by atoms with Crippen molar-refractivity contribution in [3.63, 3.8) is 0 Å². The Kier molecular flexibility index (Phi) is 6.11. The minimum atomic E-state index is -0.107. The number of thiophene rings is 1. The molecule has 1 saturated carbocycles. The molecule has 5 rings (SSSR count). The normalized spacial score (nSPS) is 18.7. The molecule has 33 heavy (non-hydrogen) atoms. The first-order valence-electron chi connectivity index (χ1n) is 11.1. The van der Waals surface area contributed by atoms with Crippen molar-refractivity contribution in [2.45, 2.75) is 51.6 Å². The summed E-state index contributed by atoms with van der Waals surface area (Å²) in [6.07, 6.45) is 9.20. The first kappa shape index (κ1) is 22.0. The predicted octanol–water partition coefficient (Wildman–Crippen LogP) is 5.40. The van der Waals surface area contributed by atoms with Crippen molar-refractivity contribution in [1.29, 1.82) is 0 Å². The highest BCUT2D eigenvalue weighted by Crippen LogP contribution is 2.41. The molecule has 0 aromatic carbocycles. The van der Waals surface area contributed by atoms with Gasteiger partial charge in [-0.2, -0.15) is 0 Å². The van der Waals surface area contributed by atoms with E-state index in [1.165, 1.54) is 7.11 Å². The van der Waals surface area contributed by atoms with Gasteiger partial charge in [-0.25, -0.2) is 9.67 Å². The summed E-state index contributed by atoms with van der Waals surface area (Å²) in [6.45, 7) is 4.26. The van der Waals surface area contributed by atoms with Crippen LogP contribution < -0.4 is 5.32 Å². The standard InChI is InChI=1S/C23H26N6O2S2/c1-13(2)26-21-16-8-19(20-10-24-12-32-20)33-22(16)25-9-17(21)18-11-29(28-27-18)15-6-4-14(5-7-15)23(30)31-3/h8-15H,4-7H2,1-3H3,(H,25,26). The number of fused-ring (bicyclic) bond motifs is 1. The molecule has 0 spiro atoms. The van der Waals surface area contributed by atoms with Gasteiger partial charge in [-0.15, -0.1) is 27.8 Å². The number of anilines is 1. The molecule has 1 aliphatic carbocycles. The number of methoxy groups -OCH3 is 1. The molecule has 172 valence electrons. The smallest absolute Gasteiger partial charge is 0.308 e. The van der Waals surface area contributed by atoms with Crippen molar-refractivity contribution in [3.8, 4) is 21.0 Å². The SMILES string of the molecule is COC(=O)C1CCC(n2cc(-c3cnc4sc(-c5cncs5)cc4c3NC(C)C)nn2)CC1. The summed E-state index contributed by atoms with van der Waals surface area (Å²) >= 11 is 3.30.